The van der Waals surface area contributed by atoms with Gasteiger partial charge in [-0.05, 0) is 0 Å². The van der Waals surface area contributed by atoms with Crippen molar-refractivity contribution in [3.05, 3.63) is 101 Å². The van der Waals surface area contributed by atoms with Gasteiger partial charge < -0.3 is 0 Å². The molecule has 29 heavy (non-hydrogen) atoms. The van der Waals surface area contributed by atoms with Gasteiger partial charge in [0.25, 0.3) is 0 Å². The van der Waals surface area contributed by atoms with Crippen LogP contribution in [-0.2, 0) is 9.53 Å². The summed E-state index contributed by atoms with van der Waals surface area (Å²) in [5, 5.41) is 0. The van der Waals surface area contributed by atoms with Gasteiger partial charge in [0.2, 0.25) is 0 Å². The maximum atomic E-state index is 11.3. The quantitative estimate of drug-likeness (QED) is 0.375. The Bertz CT molecular complexity index is 948. The summed E-state index contributed by atoms with van der Waals surface area (Å²) >= 11 is 0.104. The number of carbonyl (C=O) groups is 1. The van der Waals surface area contributed by atoms with Gasteiger partial charge in [-0.25, -0.2) is 0 Å². The van der Waals surface area contributed by atoms with Gasteiger partial charge in [0.05, 0.1) is 0 Å². The van der Waals surface area contributed by atoms with Crippen LogP contribution in [0.3, 0.4) is 0 Å². The number of ether oxygens (including phenoxy) is 2. The van der Waals surface area contributed by atoms with E-state index in [2.05, 4.69) is 60.7 Å². The van der Waals surface area contributed by atoms with E-state index in [1.165, 1.54) is 21.4 Å². The molecule has 0 amide bonds. The van der Waals surface area contributed by atoms with Crippen LogP contribution in [0.4, 0.5) is 0 Å². The molecule has 4 heteroatoms. The molecule has 0 N–H and O–H groups in total. The van der Waals surface area contributed by atoms with Gasteiger partial charge in [0.15, 0.2) is 0 Å². The van der Waals surface area contributed by atoms with Crippen molar-refractivity contribution in [1.82, 2.24) is 0 Å². The first-order valence-electron chi connectivity index (χ1n) is 9.46. The predicted molar refractivity (Wildman–Crippen MR) is 119 cm³/mol. The number of methoxy groups -OCH3 is 1. The van der Waals surface area contributed by atoms with Crippen molar-refractivity contribution in [2.75, 3.05) is 13.7 Å². The van der Waals surface area contributed by atoms with Crippen LogP contribution < -0.4 is 9.20 Å². The van der Waals surface area contributed by atoms with Crippen LogP contribution in [-0.4, -0.2) is 34.6 Å². The normalized spacial score (nSPS) is 11.5. The van der Waals surface area contributed by atoms with Crippen molar-refractivity contribution in [3.63, 3.8) is 0 Å². The number of esters is 1. The molecular weight excluding hydrogens is 427 g/mol. The number of hydrogen-bond acceptors (Lipinski definition) is 3. The molecule has 0 aromatic heterocycles. The Balaban J connectivity index is 2.09. The molecule has 0 aliphatic heterocycles. The summed E-state index contributed by atoms with van der Waals surface area (Å²) in [6.45, 7) is 1.83. The third-order valence-corrected chi connectivity index (χ3v) is 6.78. The van der Waals surface area contributed by atoms with E-state index in [-0.39, 0.29) is 20.9 Å². The van der Waals surface area contributed by atoms with Crippen molar-refractivity contribution >= 4 is 31.0 Å². The topological polar surface area (TPSA) is 35.5 Å². The summed E-state index contributed by atoms with van der Waals surface area (Å²) in [6, 6.07) is 29.0. The Kier molecular flexibility index (Phi) is 7.68. The van der Waals surface area contributed by atoms with Gasteiger partial charge in [-0.1, -0.05) is 0 Å². The molecule has 0 spiro atoms. The van der Waals surface area contributed by atoms with E-state index in [0.717, 1.165) is 16.9 Å². The van der Waals surface area contributed by atoms with Crippen molar-refractivity contribution in [2.45, 2.75) is 13.3 Å². The zero-order valence-corrected chi connectivity index (χ0v) is 18.3. The summed E-state index contributed by atoms with van der Waals surface area (Å²) < 4.78 is 13.2. The molecule has 0 unspecified atom stereocenters. The van der Waals surface area contributed by atoms with E-state index >= 15 is 0 Å². The Labute approximate surface area is 178 Å². The number of rotatable bonds is 8. The first-order chi connectivity index (χ1) is 14.2. The third-order valence-electron chi connectivity index (χ3n) is 4.34. The van der Waals surface area contributed by atoms with Crippen LogP contribution in [0.2, 0.25) is 0 Å². The fourth-order valence-corrected chi connectivity index (χ4v) is 5.31. The molecule has 0 radical (unpaired) electrons. The van der Waals surface area contributed by atoms with Crippen molar-refractivity contribution in [1.29, 1.82) is 0 Å². The van der Waals surface area contributed by atoms with Crippen molar-refractivity contribution in [2.24, 2.45) is 0 Å². The molecule has 148 valence electrons. The van der Waals surface area contributed by atoms with Crippen LogP contribution in [0, 0.1) is 0 Å². The molecule has 0 saturated heterocycles. The van der Waals surface area contributed by atoms with Crippen LogP contribution in [0.1, 0.15) is 24.5 Å². The van der Waals surface area contributed by atoms with E-state index in [0.29, 0.717) is 13.0 Å². The van der Waals surface area contributed by atoms with Gasteiger partial charge in [-0.2, -0.15) is 0 Å². The minimum absolute atomic E-state index is 0.104. The zero-order chi connectivity index (χ0) is 20.5. The summed E-state index contributed by atoms with van der Waals surface area (Å²) in [5.41, 5.74) is 3.49. The Morgan fingerprint density at radius 1 is 0.828 bits per heavy atom. The maximum absolute atomic E-state index is 11.3. The first kappa shape index (κ1) is 20.9. The summed E-state index contributed by atoms with van der Waals surface area (Å²) in [4.78, 5) is 11.3. The van der Waals surface area contributed by atoms with E-state index in [1.807, 2.05) is 24.3 Å². The van der Waals surface area contributed by atoms with Gasteiger partial charge in [-0.3, -0.25) is 0 Å². The molecule has 0 aliphatic rings. The second-order valence-electron chi connectivity index (χ2n) is 6.40. The number of carbonyl (C=O) groups excluding carboxylic acids is 1. The molecule has 0 heterocycles. The average Bonchev–Trinajstić information content (AvgIpc) is 2.75. The van der Waals surface area contributed by atoms with E-state index < -0.39 is 0 Å². The fraction of sp³-hybridized carbons (Fsp3) is 0.160. The predicted octanol–water partition coefficient (Wildman–Crippen LogP) is 4.44. The van der Waals surface area contributed by atoms with Crippen LogP contribution in [0.5, 0.6) is 5.75 Å². The second-order valence-corrected chi connectivity index (χ2v) is 8.85. The molecule has 0 bridgehead atoms. The second kappa shape index (κ2) is 10.7. The summed E-state index contributed by atoms with van der Waals surface area (Å²) in [6.07, 6.45) is 0.699. The standard InChI is InChI=1S/C25H24O3Se/c1-19(26)28-18-17-24(29-23-11-7-4-8-12-23)25(20-9-5-3-6-10-20)21-13-15-22(27-2)16-14-21/h3-16H,17-18H2,1-2H3/b25-24-. The Hall–Kier alpha value is -2.81. The Morgan fingerprint density at radius 3 is 2.00 bits per heavy atom. The average molecular weight is 451 g/mol. The van der Waals surface area contributed by atoms with Crippen LogP contribution >= 0.6 is 0 Å². The van der Waals surface area contributed by atoms with Gasteiger partial charge in [0, 0.05) is 0 Å². The molecule has 0 aliphatic carbocycles. The van der Waals surface area contributed by atoms with E-state index in [9.17, 15) is 4.79 Å². The van der Waals surface area contributed by atoms with Gasteiger partial charge in [0.1, 0.15) is 0 Å². The molecule has 3 aromatic rings. The zero-order valence-electron chi connectivity index (χ0n) is 16.6. The molecule has 3 rings (SSSR count). The first-order valence-corrected chi connectivity index (χ1v) is 11.2. The summed E-state index contributed by atoms with van der Waals surface area (Å²) in [7, 11) is 1.67. The SMILES string of the molecule is COc1ccc(/C(=C(/CCOC(C)=O)[Se]c2ccccc2)c2ccccc2)cc1. The fourth-order valence-electron chi connectivity index (χ4n) is 3.00. The molecule has 0 fully saturated rings. The monoisotopic (exact) mass is 452 g/mol. The molecule has 0 saturated carbocycles. The molecule has 0 atom stereocenters. The number of benzene rings is 3. The van der Waals surface area contributed by atoms with Crippen molar-refractivity contribution in [3.8, 4) is 5.75 Å². The summed E-state index contributed by atoms with van der Waals surface area (Å²) in [5.74, 6) is 0.582. The van der Waals surface area contributed by atoms with Gasteiger partial charge in [-0.15, -0.1) is 0 Å². The van der Waals surface area contributed by atoms with Gasteiger partial charge >= 0.3 is 179 Å². The van der Waals surface area contributed by atoms with E-state index in [4.69, 9.17) is 9.47 Å². The molecule has 3 nitrogen and oxygen atoms in total. The van der Waals surface area contributed by atoms with Crippen LogP contribution in [0.15, 0.2) is 89.4 Å². The number of hydrogen-bond donors (Lipinski definition) is 0. The Morgan fingerprint density at radius 2 is 1.41 bits per heavy atom. The molecular formula is C25H24O3Se. The third kappa shape index (κ3) is 6.08. The van der Waals surface area contributed by atoms with E-state index in [1.54, 1.807) is 7.11 Å². The molecule has 3 aromatic carbocycles. The van der Waals surface area contributed by atoms with Crippen LogP contribution in [0.25, 0.3) is 5.57 Å². The minimum atomic E-state index is -0.248. The van der Waals surface area contributed by atoms with Crippen molar-refractivity contribution < 1.29 is 14.3 Å².